The molecule has 8 heteroatoms. The lowest BCUT2D eigenvalue weighted by molar-refractivity contribution is -0.116. The number of rotatable bonds is 7. The largest absolute Gasteiger partial charge is 0.478 e. The van der Waals surface area contributed by atoms with E-state index in [1.165, 1.54) is 12.1 Å². The molecule has 0 saturated carbocycles. The van der Waals surface area contributed by atoms with Gasteiger partial charge in [-0.05, 0) is 63.3 Å². The van der Waals surface area contributed by atoms with Crippen molar-refractivity contribution in [1.29, 1.82) is 0 Å². The summed E-state index contributed by atoms with van der Waals surface area (Å²) in [4.78, 5) is 36.0. The summed E-state index contributed by atoms with van der Waals surface area (Å²) in [7, 11) is 0. The summed E-state index contributed by atoms with van der Waals surface area (Å²) >= 11 is 3.29. The summed E-state index contributed by atoms with van der Waals surface area (Å²) < 4.78 is 6.08. The van der Waals surface area contributed by atoms with Gasteiger partial charge in [-0.3, -0.25) is 4.79 Å². The van der Waals surface area contributed by atoms with Crippen LogP contribution in [0.4, 0.5) is 10.5 Å². The van der Waals surface area contributed by atoms with E-state index in [1.807, 2.05) is 36.4 Å². The first-order valence-corrected chi connectivity index (χ1v) is 11.6. The Morgan fingerprint density at radius 2 is 1.62 bits per heavy atom. The van der Waals surface area contributed by atoms with Crippen molar-refractivity contribution in [2.75, 3.05) is 11.9 Å². The predicted molar refractivity (Wildman–Crippen MR) is 132 cm³/mol. The second-order valence-electron chi connectivity index (χ2n) is 8.12. The van der Waals surface area contributed by atoms with Crippen LogP contribution in [0.2, 0.25) is 0 Å². The van der Waals surface area contributed by atoms with Crippen LogP contribution in [-0.4, -0.2) is 35.7 Å². The molecule has 1 atom stereocenters. The van der Waals surface area contributed by atoms with Crippen molar-refractivity contribution >= 4 is 39.6 Å². The molecule has 4 rings (SSSR count). The number of ether oxygens (including phenoxy) is 1. The maximum atomic E-state index is 12.4. The van der Waals surface area contributed by atoms with Crippen LogP contribution in [0.1, 0.15) is 40.7 Å². The fraction of sp³-hybridized carbons (Fsp3) is 0.192. The van der Waals surface area contributed by atoms with Gasteiger partial charge in [-0.25, -0.2) is 9.59 Å². The normalized spacial score (nSPS) is 12.9. The van der Waals surface area contributed by atoms with E-state index >= 15 is 0 Å². The van der Waals surface area contributed by atoms with E-state index in [-0.39, 0.29) is 30.4 Å². The van der Waals surface area contributed by atoms with Gasteiger partial charge in [0.05, 0.1) is 11.3 Å². The SMILES string of the molecule is C[C@@H](CC(=O)Nc1cc(C(=O)O)ccc1Br)NC(=O)OCC1c2ccccc2-c2ccccc21. The van der Waals surface area contributed by atoms with Crippen LogP contribution in [-0.2, 0) is 9.53 Å². The number of carboxylic acids is 1. The number of carbonyl (C=O) groups is 3. The highest BCUT2D eigenvalue weighted by Crippen LogP contribution is 2.44. The van der Waals surface area contributed by atoms with Gasteiger partial charge >= 0.3 is 12.1 Å². The van der Waals surface area contributed by atoms with Crippen molar-refractivity contribution in [3.63, 3.8) is 0 Å². The van der Waals surface area contributed by atoms with E-state index in [2.05, 4.69) is 38.7 Å². The molecular formula is C26H23BrN2O5. The molecule has 0 unspecified atom stereocenters. The van der Waals surface area contributed by atoms with E-state index in [0.717, 1.165) is 22.3 Å². The minimum Gasteiger partial charge on any atom is -0.478 e. The summed E-state index contributed by atoms with van der Waals surface area (Å²) in [5.41, 5.74) is 4.95. The Hall–Kier alpha value is -3.65. The third-order valence-corrected chi connectivity index (χ3v) is 6.38. The average molecular weight is 523 g/mol. The van der Waals surface area contributed by atoms with Gasteiger partial charge in [0.15, 0.2) is 0 Å². The lowest BCUT2D eigenvalue weighted by atomic mass is 9.98. The van der Waals surface area contributed by atoms with Crippen molar-refractivity contribution in [2.24, 2.45) is 0 Å². The van der Waals surface area contributed by atoms with Gasteiger partial charge in [-0.15, -0.1) is 0 Å². The Morgan fingerprint density at radius 1 is 1.00 bits per heavy atom. The van der Waals surface area contributed by atoms with Crippen molar-refractivity contribution in [1.82, 2.24) is 5.32 Å². The lowest BCUT2D eigenvalue weighted by Crippen LogP contribution is -2.36. The van der Waals surface area contributed by atoms with Gasteiger partial charge in [0.25, 0.3) is 0 Å². The molecule has 2 amide bonds. The Balaban J connectivity index is 1.31. The minimum atomic E-state index is -1.09. The Kier molecular flexibility index (Phi) is 6.98. The highest BCUT2D eigenvalue weighted by molar-refractivity contribution is 9.10. The van der Waals surface area contributed by atoms with Crippen LogP contribution in [0.15, 0.2) is 71.2 Å². The maximum absolute atomic E-state index is 12.4. The first-order valence-electron chi connectivity index (χ1n) is 10.8. The predicted octanol–water partition coefficient (Wildman–Crippen LogP) is 5.40. The molecule has 0 aromatic heterocycles. The van der Waals surface area contributed by atoms with Gasteiger partial charge in [0.2, 0.25) is 5.91 Å². The van der Waals surface area contributed by atoms with Crippen LogP contribution < -0.4 is 10.6 Å². The van der Waals surface area contributed by atoms with Crippen LogP contribution in [0.25, 0.3) is 11.1 Å². The molecule has 0 fully saturated rings. The van der Waals surface area contributed by atoms with E-state index in [9.17, 15) is 14.4 Å². The number of nitrogens with one attached hydrogen (secondary N) is 2. The number of amides is 2. The average Bonchev–Trinajstić information content (AvgIpc) is 3.12. The van der Waals surface area contributed by atoms with Crippen LogP contribution >= 0.6 is 15.9 Å². The summed E-state index contributed by atoms with van der Waals surface area (Å²) in [6, 6.07) is 20.0. The zero-order valence-corrected chi connectivity index (χ0v) is 20.0. The van der Waals surface area contributed by atoms with Crippen LogP contribution in [0, 0.1) is 0 Å². The third-order valence-electron chi connectivity index (χ3n) is 5.69. The molecule has 1 aliphatic carbocycles. The number of hydrogen-bond donors (Lipinski definition) is 3. The number of aromatic carboxylic acids is 1. The molecule has 0 aliphatic heterocycles. The van der Waals surface area contributed by atoms with E-state index in [4.69, 9.17) is 9.84 Å². The molecule has 174 valence electrons. The molecule has 0 spiro atoms. The van der Waals surface area contributed by atoms with Gasteiger partial charge < -0.3 is 20.5 Å². The number of carboxylic acid groups (broad SMARTS) is 1. The minimum absolute atomic E-state index is 0.00602. The molecule has 3 aromatic carbocycles. The first kappa shape index (κ1) is 23.5. The molecule has 0 heterocycles. The molecular weight excluding hydrogens is 500 g/mol. The second-order valence-corrected chi connectivity index (χ2v) is 8.98. The van der Waals surface area contributed by atoms with Crippen molar-refractivity contribution in [3.05, 3.63) is 87.9 Å². The monoisotopic (exact) mass is 522 g/mol. The number of benzene rings is 3. The summed E-state index contributed by atoms with van der Waals surface area (Å²) in [6.45, 7) is 1.89. The number of anilines is 1. The lowest BCUT2D eigenvalue weighted by Gasteiger charge is -2.17. The molecule has 34 heavy (non-hydrogen) atoms. The van der Waals surface area contributed by atoms with Crippen molar-refractivity contribution in [3.8, 4) is 11.1 Å². The highest BCUT2D eigenvalue weighted by atomic mass is 79.9. The topological polar surface area (TPSA) is 105 Å². The Labute approximate surface area is 205 Å². The number of carbonyl (C=O) groups excluding carboxylic acids is 2. The number of alkyl carbamates (subject to hydrolysis) is 1. The summed E-state index contributed by atoms with van der Waals surface area (Å²) in [5.74, 6) is -1.50. The van der Waals surface area contributed by atoms with Crippen LogP contribution in [0.3, 0.4) is 0 Å². The van der Waals surface area contributed by atoms with Gasteiger partial charge in [0.1, 0.15) is 6.61 Å². The fourth-order valence-corrected chi connectivity index (χ4v) is 4.47. The molecule has 0 saturated heterocycles. The fourth-order valence-electron chi connectivity index (χ4n) is 4.13. The zero-order valence-electron chi connectivity index (χ0n) is 18.4. The Morgan fingerprint density at radius 3 is 2.24 bits per heavy atom. The van der Waals surface area contributed by atoms with Gasteiger partial charge in [0, 0.05) is 22.9 Å². The van der Waals surface area contributed by atoms with Gasteiger partial charge in [-0.1, -0.05) is 48.5 Å². The quantitative estimate of drug-likeness (QED) is 0.385. The van der Waals surface area contributed by atoms with E-state index in [1.54, 1.807) is 13.0 Å². The molecule has 7 nitrogen and oxygen atoms in total. The second kappa shape index (κ2) is 10.1. The molecule has 0 radical (unpaired) electrons. The van der Waals surface area contributed by atoms with Crippen LogP contribution in [0.5, 0.6) is 0 Å². The van der Waals surface area contributed by atoms with Crippen molar-refractivity contribution < 1.29 is 24.2 Å². The highest BCUT2D eigenvalue weighted by Gasteiger charge is 2.29. The smallest absolute Gasteiger partial charge is 0.407 e. The Bertz CT molecular complexity index is 1210. The molecule has 3 N–H and O–H groups in total. The van der Waals surface area contributed by atoms with Gasteiger partial charge in [-0.2, -0.15) is 0 Å². The molecule has 1 aliphatic rings. The standard InChI is InChI=1S/C26H23BrN2O5/c1-15(12-24(30)29-23-13-16(25(31)32)10-11-22(23)27)28-26(33)34-14-21-19-8-4-2-6-17(19)18-7-3-5-9-20(18)21/h2-11,13,15,21H,12,14H2,1H3,(H,28,33)(H,29,30)(H,31,32)/t15-/m0/s1. The third kappa shape index (κ3) is 5.12. The van der Waals surface area contributed by atoms with E-state index in [0.29, 0.717) is 10.2 Å². The first-order chi connectivity index (χ1) is 16.3. The summed E-state index contributed by atoms with van der Waals surface area (Å²) in [6.07, 6.45) is -0.607. The van der Waals surface area contributed by atoms with E-state index < -0.39 is 18.1 Å². The summed E-state index contributed by atoms with van der Waals surface area (Å²) in [5, 5.41) is 14.5. The zero-order chi connectivity index (χ0) is 24.2. The number of halogens is 1. The number of hydrogen-bond acceptors (Lipinski definition) is 4. The molecule has 0 bridgehead atoms. The number of fused-ring (bicyclic) bond motifs is 3. The maximum Gasteiger partial charge on any atom is 0.407 e. The molecule has 3 aromatic rings. The van der Waals surface area contributed by atoms with Crippen molar-refractivity contribution in [2.45, 2.75) is 25.3 Å².